The van der Waals surface area contributed by atoms with Gasteiger partial charge in [0, 0.05) is 17.3 Å². The van der Waals surface area contributed by atoms with Crippen LogP contribution in [-0.2, 0) is 20.0 Å². The molecule has 0 saturated heterocycles. The molecule has 2 N–H and O–H groups in total. The topological polar surface area (TPSA) is 92.3 Å². The fourth-order valence-electron chi connectivity index (χ4n) is 1.80. The Morgan fingerprint density at radius 2 is 1.30 bits per heavy atom. The molecule has 0 unspecified atom stereocenters. The molecule has 0 fully saturated rings. The molecule has 0 aliphatic carbocycles. The van der Waals surface area contributed by atoms with Crippen molar-refractivity contribution in [2.75, 3.05) is 11.3 Å². The number of halogens is 1. The maximum atomic E-state index is 12.2. The fourth-order valence-corrected chi connectivity index (χ4v) is 4.03. The number of hydrogen-bond donors (Lipinski definition) is 2. The first-order valence-electron chi connectivity index (χ1n) is 6.63. The van der Waals surface area contributed by atoms with E-state index in [1.807, 2.05) is 0 Å². The largest absolute Gasteiger partial charge is 0.280 e. The van der Waals surface area contributed by atoms with Crippen LogP contribution in [0.5, 0.6) is 0 Å². The second-order valence-electron chi connectivity index (χ2n) is 4.59. The molecule has 0 aliphatic rings. The van der Waals surface area contributed by atoms with Gasteiger partial charge in [-0.2, -0.15) is 0 Å². The highest BCUT2D eigenvalue weighted by Gasteiger charge is 2.16. The van der Waals surface area contributed by atoms with Crippen LogP contribution in [0, 0.1) is 0 Å². The maximum Gasteiger partial charge on any atom is 0.261 e. The summed E-state index contributed by atoms with van der Waals surface area (Å²) in [5.74, 6) is 0. The minimum absolute atomic E-state index is 0.0613. The molecule has 2 rings (SSSR count). The van der Waals surface area contributed by atoms with Gasteiger partial charge in [0.1, 0.15) is 0 Å². The van der Waals surface area contributed by atoms with Gasteiger partial charge in [-0.1, -0.05) is 18.5 Å². The molecule has 2 aromatic carbocycles. The van der Waals surface area contributed by atoms with Crippen molar-refractivity contribution < 1.29 is 16.8 Å². The zero-order valence-electron chi connectivity index (χ0n) is 12.2. The van der Waals surface area contributed by atoms with Crippen LogP contribution in [0.4, 0.5) is 5.69 Å². The highest BCUT2D eigenvalue weighted by Crippen LogP contribution is 2.19. The van der Waals surface area contributed by atoms with E-state index in [0.29, 0.717) is 5.02 Å². The molecule has 0 bridgehead atoms. The number of hydrogen-bond acceptors (Lipinski definition) is 4. The second kappa shape index (κ2) is 6.88. The SMILES string of the molecule is CCNS(=O)(=O)c1ccc(NS(=O)(=O)c2ccc(Cl)cc2)cc1. The van der Waals surface area contributed by atoms with Crippen LogP contribution in [-0.4, -0.2) is 23.4 Å². The monoisotopic (exact) mass is 374 g/mol. The van der Waals surface area contributed by atoms with Gasteiger partial charge < -0.3 is 0 Å². The lowest BCUT2D eigenvalue weighted by atomic mass is 10.3. The molecule has 0 aliphatic heterocycles. The first-order valence-corrected chi connectivity index (χ1v) is 9.97. The van der Waals surface area contributed by atoms with Gasteiger partial charge in [0.25, 0.3) is 10.0 Å². The normalized spacial score (nSPS) is 12.1. The molecule has 2 aromatic rings. The van der Waals surface area contributed by atoms with E-state index in [4.69, 9.17) is 11.6 Å². The van der Waals surface area contributed by atoms with E-state index < -0.39 is 20.0 Å². The van der Waals surface area contributed by atoms with Gasteiger partial charge in [0.05, 0.1) is 9.79 Å². The Labute approximate surface area is 140 Å². The lowest BCUT2D eigenvalue weighted by molar-refractivity contribution is 0.584. The second-order valence-corrected chi connectivity index (χ2v) is 8.47. The minimum Gasteiger partial charge on any atom is -0.280 e. The Morgan fingerprint density at radius 1 is 0.826 bits per heavy atom. The highest BCUT2D eigenvalue weighted by molar-refractivity contribution is 7.92. The molecule has 0 aromatic heterocycles. The zero-order chi connectivity index (χ0) is 17.1. The van der Waals surface area contributed by atoms with Gasteiger partial charge in [0.15, 0.2) is 0 Å². The first kappa shape index (κ1) is 17.7. The molecule has 6 nitrogen and oxygen atoms in total. The molecule has 0 atom stereocenters. The van der Waals surface area contributed by atoms with Crippen LogP contribution in [0.3, 0.4) is 0 Å². The molecule has 0 heterocycles. The van der Waals surface area contributed by atoms with Gasteiger partial charge in [-0.15, -0.1) is 0 Å². The van der Waals surface area contributed by atoms with Crippen molar-refractivity contribution in [3.8, 4) is 0 Å². The summed E-state index contributed by atoms with van der Waals surface area (Å²) < 4.78 is 52.8. The smallest absolute Gasteiger partial charge is 0.261 e. The number of sulfonamides is 2. The molecule has 23 heavy (non-hydrogen) atoms. The van der Waals surface area contributed by atoms with Crippen molar-refractivity contribution >= 4 is 37.3 Å². The number of anilines is 1. The number of rotatable bonds is 6. The standard InChI is InChI=1S/C14H15ClN2O4S2/c1-2-16-22(18,19)13-9-5-12(6-10-13)17-23(20,21)14-7-3-11(15)4-8-14/h3-10,16-17H,2H2,1H3. The molecular weight excluding hydrogens is 360 g/mol. The molecule has 0 radical (unpaired) electrons. The molecule has 0 amide bonds. The quantitative estimate of drug-likeness (QED) is 0.812. The zero-order valence-corrected chi connectivity index (χ0v) is 14.5. The first-order chi connectivity index (χ1) is 10.7. The third-order valence-corrected chi connectivity index (χ3v) is 6.09. The fraction of sp³-hybridized carbons (Fsp3) is 0.143. The van der Waals surface area contributed by atoms with E-state index in [-0.39, 0.29) is 22.0 Å². The van der Waals surface area contributed by atoms with Crippen LogP contribution in [0.2, 0.25) is 5.02 Å². The average Bonchev–Trinajstić information content (AvgIpc) is 2.48. The Morgan fingerprint density at radius 3 is 1.83 bits per heavy atom. The Bertz CT molecular complexity index is 877. The summed E-state index contributed by atoms with van der Waals surface area (Å²) in [5, 5.41) is 0.432. The maximum absolute atomic E-state index is 12.2. The molecule has 9 heteroatoms. The van der Waals surface area contributed by atoms with Crippen molar-refractivity contribution in [1.82, 2.24) is 4.72 Å². The van der Waals surface area contributed by atoms with Crippen molar-refractivity contribution in [2.45, 2.75) is 16.7 Å². The van der Waals surface area contributed by atoms with Crippen molar-refractivity contribution in [3.05, 3.63) is 53.6 Å². The van der Waals surface area contributed by atoms with Crippen molar-refractivity contribution in [1.29, 1.82) is 0 Å². The van der Waals surface area contributed by atoms with Gasteiger partial charge in [0.2, 0.25) is 10.0 Å². The molecule has 0 spiro atoms. The van der Waals surface area contributed by atoms with E-state index in [1.165, 1.54) is 48.5 Å². The molecule has 0 saturated carbocycles. The number of nitrogens with one attached hydrogen (secondary N) is 2. The van der Waals surface area contributed by atoms with Crippen LogP contribution in [0.15, 0.2) is 58.3 Å². The van der Waals surface area contributed by atoms with E-state index in [0.717, 1.165) is 0 Å². The van der Waals surface area contributed by atoms with Crippen LogP contribution in [0.25, 0.3) is 0 Å². The third kappa shape index (κ3) is 4.44. The van der Waals surface area contributed by atoms with Crippen molar-refractivity contribution in [2.24, 2.45) is 0 Å². The van der Waals surface area contributed by atoms with Crippen LogP contribution >= 0.6 is 11.6 Å². The Hall–Kier alpha value is -1.61. The van der Waals surface area contributed by atoms with E-state index >= 15 is 0 Å². The van der Waals surface area contributed by atoms with Gasteiger partial charge >= 0.3 is 0 Å². The van der Waals surface area contributed by atoms with E-state index in [9.17, 15) is 16.8 Å². The summed E-state index contributed by atoms with van der Waals surface area (Å²) in [7, 11) is -7.33. The Kier molecular flexibility index (Phi) is 5.30. The molecular formula is C14H15ClN2O4S2. The lowest BCUT2D eigenvalue weighted by Gasteiger charge is -2.09. The van der Waals surface area contributed by atoms with Crippen LogP contribution in [0.1, 0.15) is 6.92 Å². The molecule has 124 valence electrons. The van der Waals surface area contributed by atoms with Crippen molar-refractivity contribution in [3.63, 3.8) is 0 Å². The van der Waals surface area contributed by atoms with Gasteiger partial charge in [-0.3, -0.25) is 4.72 Å². The summed E-state index contributed by atoms with van der Waals surface area (Å²) in [6.45, 7) is 1.94. The summed E-state index contributed by atoms with van der Waals surface area (Å²) in [5.41, 5.74) is 0.260. The number of benzene rings is 2. The third-order valence-electron chi connectivity index (χ3n) is 2.88. The predicted octanol–water partition coefficient (Wildman–Crippen LogP) is 2.44. The summed E-state index contributed by atoms with van der Waals surface area (Å²) >= 11 is 5.73. The summed E-state index contributed by atoms with van der Waals surface area (Å²) in [4.78, 5) is 0.125. The Balaban J connectivity index is 2.22. The van der Waals surface area contributed by atoms with Gasteiger partial charge in [-0.25, -0.2) is 21.6 Å². The van der Waals surface area contributed by atoms with E-state index in [2.05, 4.69) is 9.44 Å². The summed E-state index contributed by atoms with van der Waals surface area (Å²) in [6, 6.07) is 11.2. The lowest BCUT2D eigenvalue weighted by Crippen LogP contribution is -2.23. The predicted molar refractivity (Wildman–Crippen MR) is 89.6 cm³/mol. The summed E-state index contributed by atoms with van der Waals surface area (Å²) in [6.07, 6.45) is 0. The average molecular weight is 375 g/mol. The van der Waals surface area contributed by atoms with Crippen LogP contribution < -0.4 is 9.44 Å². The minimum atomic E-state index is -3.76. The highest BCUT2D eigenvalue weighted by atomic mass is 35.5. The van der Waals surface area contributed by atoms with Gasteiger partial charge in [-0.05, 0) is 48.5 Å². The van der Waals surface area contributed by atoms with E-state index in [1.54, 1.807) is 6.92 Å².